The molecule has 0 aliphatic rings. The summed E-state index contributed by atoms with van der Waals surface area (Å²) in [5.74, 6) is 0. The molecule has 0 radical (unpaired) electrons. The number of nitro benzene ring substituents is 1. The van der Waals surface area contributed by atoms with Gasteiger partial charge >= 0.3 is 6.09 Å². The lowest BCUT2D eigenvalue weighted by atomic mass is 10.3. The van der Waals surface area contributed by atoms with E-state index in [4.69, 9.17) is 4.74 Å². The van der Waals surface area contributed by atoms with Crippen molar-refractivity contribution in [2.45, 2.75) is 0 Å². The van der Waals surface area contributed by atoms with E-state index in [2.05, 4.69) is 27.9 Å². The number of alkyl halides is 1. The van der Waals surface area contributed by atoms with Crippen molar-refractivity contribution in [2.24, 2.45) is 0 Å². The molecule has 0 heterocycles. The van der Waals surface area contributed by atoms with E-state index in [-0.39, 0.29) is 5.69 Å². The number of carbonyl (C=O) groups is 1. The molecular weight excluding hydrogens is 327 g/mol. The van der Waals surface area contributed by atoms with Gasteiger partial charge in [-0.15, -0.1) is 0 Å². The fraction of sp³-hybridized carbons (Fsp3) is 0.222. The molecule has 0 spiro atoms. The van der Waals surface area contributed by atoms with Crippen LogP contribution >= 0.6 is 22.6 Å². The first-order chi connectivity index (χ1) is 7.63. The number of non-ortho nitro benzene ring substituents is 1. The van der Waals surface area contributed by atoms with Crippen LogP contribution in [-0.4, -0.2) is 22.1 Å². The third-order valence-corrected chi connectivity index (χ3v) is 2.08. The van der Waals surface area contributed by atoms with Crippen molar-refractivity contribution in [1.29, 1.82) is 0 Å². The van der Waals surface area contributed by atoms with Gasteiger partial charge in [0.2, 0.25) is 0 Å². The molecule has 0 aromatic heterocycles. The topological polar surface area (TPSA) is 81.5 Å². The second-order valence-corrected chi connectivity index (χ2v) is 3.83. The van der Waals surface area contributed by atoms with Crippen LogP contribution in [0.3, 0.4) is 0 Å². The number of halogens is 1. The highest BCUT2D eigenvalue weighted by Gasteiger charge is 2.06. The third kappa shape index (κ3) is 4.01. The number of rotatable bonds is 4. The Morgan fingerprint density at radius 1 is 1.44 bits per heavy atom. The minimum Gasteiger partial charge on any atom is -0.448 e. The summed E-state index contributed by atoms with van der Waals surface area (Å²) in [6.45, 7) is 0.333. The largest absolute Gasteiger partial charge is 0.448 e. The molecule has 1 aromatic rings. The van der Waals surface area contributed by atoms with Crippen molar-refractivity contribution in [1.82, 2.24) is 0 Å². The summed E-state index contributed by atoms with van der Waals surface area (Å²) >= 11 is 2.08. The first-order valence-electron chi connectivity index (χ1n) is 4.37. The first kappa shape index (κ1) is 12.7. The molecule has 0 aliphatic carbocycles. The molecule has 0 aliphatic heterocycles. The maximum absolute atomic E-state index is 11.1. The van der Waals surface area contributed by atoms with Gasteiger partial charge in [0.05, 0.1) is 4.92 Å². The number of nitrogens with one attached hydrogen (secondary N) is 1. The van der Waals surface area contributed by atoms with Gasteiger partial charge in [-0.1, -0.05) is 22.6 Å². The van der Waals surface area contributed by atoms with Crippen LogP contribution in [0.1, 0.15) is 0 Å². The van der Waals surface area contributed by atoms with Crippen molar-refractivity contribution < 1.29 is 14.5 Å². The summed E-state index contributed by atoms with van der Waals surface area (Å²) in [5, 5.41) is 12.8. The molecule has 0 bridgehead atoms. The van der Waals surface area contributed by atoms with Crippen molar-refractivity contribution >= 4 is 40.1 Å². The molecule has 6 nitrogen and oxygen atoms in total. The molecule has 0 atom stereocenters. The second kappa shape index (κ2) is 6.26. The predicted octanol–water partition coefficient (Wildman–Crippen LogP) is 2.58. The van der Waals surface area contributed by atoms with E-state index >= 15 is 0 Å². The first-order valence-corrected chi connectivity index (χ1v) is 5.90. The monoisotopic (exact) mass is 336 g/mol. The van der Waals surface area contributed by atoms with Gasteiger partial charge in [0, 0.05) is 22.2 Å². The zero-order valence-corrected chi connectivity index (χ0v) is 10.3. The minimum atomic E-state index is -0.564. The van der Waals surface area contributed by atoms with E-state index in [1.54, 1.807) is 0 Å². The Morgan fingerprint density at radius 3 is 2.56 bits per heavy atom. The van der Waals surface area contributed by atoms with Crippen molar-refractivity contribution in [3.05, 3.63) is 34.4 Å². The number of nitrogens with zero attached hydrogens (tertiary/aromatic N) is 1. The summed E-state index contributed by atoms with van der Waals surface area (Å²) in [6, 6.07) is 5.52. The Morgan fingerprint density at radius 2 is 2.06 bits per heavy atom. The van der Waals surface area contributed by atoms with E-state index in [1.165, 1.54) is 24.3 Å². The molecule has 0 saturated carbocycles. The Hall–Kier alpha value is -1.38. The van der Waals surface area contributed by atoms with E-state index in [1.807, 2.05) is 0 Å². The lowest BCUT2D eigenvalue weighted by molar-refractivity contribution is -0.384. The Labute approximate surface area is 105 Å². The lowest BCUT2D eigenvalue weighted by Crippen LogP contribution is -2.14. The Balaban J connectivity index is 2.55. The van der Waals surface area contributed by atoms with Crippen LogP contribution in [0, 0.1) is 10.1 Å². The van der Waals surface area contributed by atoms with Gasteiger partial charge in [-0.05, 0) is 12.1 Å². The number of amides is 1. The number of nitro groups is 1. The highest BCUT2D eigenvalue weighted by molar-refractivity contribution is 14.1. The maximum Gasteiger partial charge on any atom is 0.411 e. The average molecular weight is 336 g/mol. The fourth-order valence-corrected chi connectivity index (χ4v) is 1.17. The zero-order valence-electron chi connectivity index (χ0n) is 8.18. The van der Waals surface area contributed by atoms with E-state index in [0.29, 0.717) is 16.7 Å². The Kier molecular flexibility index (Phi) is 4.96. The molecule has 0 unspecified atom stereocenters. The predicted molar refractivity (Wildman–Crippen MR) is 67.0 cm³/mol. The van der Waals surface area contributed by atoms with E-state index in [0.717, 1.165) is 0 Å². The van der Waals surface area contributed by atoms with E-state index in [9.17, 15) is 14.9 Å². The van der Waals surface area contributed by atoms with Gasteiger partial charge < -0.3 is 4.74 Å². The smallest absolute Gasteiger partial charge is 0.411 e. The average Bonchev–Trinajstić information content (AvgIpc) is 2.27. The quantitative estimate of drug-likeness (QED) is 0.397. The number of ether oxygens (including phenoxy) is 1. The summed E-state index contributed by atoms with van der Waals surface area (Å²) < 4.78 is 5.50. The highest BCUT2D eigenvalue weighted by atomic mass is 127. The number of hydrogen-bond donors (Lipinski definition) is 1. The summed E-state index contributed by atoms with van der Waals surface area (Å²) in [5.41, 5.74) is 0.440. The molecule has 1 rings (SSSR count). The van der Waals surface area contributed by atoms with Crippen molar-refractivity contribution in [3.63, 3.8) is 0 Å². The highest BCUT2D eigenvalue weighted by Crippen LogP contribution is 2.15. The SMILES string of the molecule is O=C(Nc1ccc([N+](=O)[O-])cc1)OCCI. The van der Waals surface area contributed by atoms with Crippen LogP contribution in [0.4, 0.5) is 16.2 Å². The number of carbonyl (C=O) groups excluding carboxylic acids is 1. The van der Waals surface area contributed by atoms with Gasteiger partial charge in [0.15, 0.2) is 0 Å². The molecular formula is C9H9IN2O4. The van der Waals surface area contributed by atoms with Gasteiger partial charge in [0.1, 0.15) is 6.61 Å². The number of benzene rings is 1. The van der Waals surface area contributed by atoms with E-state index < -0.39 is 11.0 Å². The lowest BCUT2D eigenvalue weighted by Gasteiger charge is -2.04. The second-order valence-electron chi connectivity index (χ2n) is 2.75. The number of hydrogen-bond acceptors (Lipinski definition) is 4. The summed E-state index contributed by atoms with van der Waals surface area (Å²) in [6.07, 6.45) is -0.564. The third-order valence-electron chi connectivity index (χ3n) is 1.63. The molecule has 0 fully saturated rings. The van der Waals surface area contributed by atoms with Gasteiger partial charge in [-0.25, -0.2) is 4.79 Å². The fourth-order valence-electron chi connectivity index (χ4n) is 0.952. The molecule has 16 heavy (non-hydrogen) atoms. The minimum absolute atomic E-state index is 0.0221. The standard InChI is InChI=1S/C9H9IN2O4/c10-5-6-16-9(13)11-7-1-3-8(4-2-7)12(14)15/h1-4H,5-6H2,(H,11,13). The van der Waals surface area contributed by atoms with Gasteiger partial charge in [-0.2, -0.15) is 0 Å². The van der Waals surface area contributed by atoms with Gasteiger partial charge in [-0.3, -0.25) is 15.4 Å². The van der Waals surface area contributed by atoms with Crippen molar-refractivity contribution in [2.75, 3.05) is 16.4 Å². The molecule has 86 valence electrons. The summed E-state index contributed by atoms with van der Waals surface area (Å²) in [7, 11) is 0. The Bertz CT molecular complexity index is 380. The normalized spacial score (nSPS) is 9.56. The van der Waals surface area contributed by atoms with Crippen LogP contribution in [0.25, 0.3) is 0 Å². The zero-order chi connectivity index (χ0) is 12.0. The number of anilines is 1. The molecule has 1 N–H and O–H groups in total. The van der Waals surface area contributed by atoms with Crippen LogP contribution in [0.5, 0.6) is 0 Å². The van der Waals surface area contributed by atoms with Gasteiger partial charge in [0.25, 0.3) is 5.69 Å². The molecule has 7 heteroatoms. The molecule has 1 aromatic carbocycles. The van der Waals surface area contributed by atoms with Crippen LogP contribution < -0.4 is 5.32 Å². The van der Waals surface area contributed by atoms with Crippen molar-refractivity contribution in [3.8, 4) is 0 Å². The maximum atomic E-state index is 11.1. The molecule has 0 saturated heterocycles. The molecule has 1 amide bonds. The summed E-state index contributed by atoms with van der Waals surface area (Å²) in [4.78, 5) is 21.0. The van der Waals surface area contributed by atoms with Crippen LogP contribution in [0.15, 0.2) is 24.3 Å². The van der Waals surface area contributed by atoms with Crippen LogP contribution in [0.2, 0.25) is 0 Å². The van der Waals surface area contributed by atoms with Crippen LogP contribution in [-0.2, 0) is 4.74 Å².